The third-order valence-electron chi connectivity index (χ3n) is 3.79. The predicted octanol–water partition coefficient (Wildman–Crippen LogP) is 3.28. The largest absolute Gasteiger partial charge is 0.304 e. The first-order valence-electron chi connectivity index (χ1n) is 7.13. The Kier molecular flexibility index (Phi) is 3.06. The van der Waals surface area contributed by atoms with Gasteiger partial charge in [0.2, 0.25) is 4.77 Å². The van der Waals surface area contributed by atoms with Crippen LogP contribution in [0.3, 0.4) is 0 Å². The molecule has 4 aromatic rings. The SMILES string of the molecule is Cc1cccc2c1nc(=S)n1nc(-c3ccccc3)c(=O)[nH]c21. The van der Waals surface area contributed by atoms with Gasteiger partial charge in [0.25, 0.3) is 5.56 Å². The molecule has 0 aliphatic carbocycles. The summed E-state index contributed by atoms with van der Waals surface area (Å²) in [4.78, 5) is 19.9. The number of benzene rings is 2. The first kappa shape index (κ1) is 13.8. The first-order valence-corrected chi connectivity index (χ1v) is 7.54. The molecule has 112 valence electrons. The van der Waals surface area contributed by atoms with Crippen LogP contribution in [0, 0.1) is 11.7 Å². The van der Waals surface area contributed by atoms with E-state index in [1.54, 1.807) is 0 Å². The quantitative estimate of drug-likeness (QED) is 0.432. The van der Waals surface area contributed by atoms with Crippen LogP contribution < -0.4 is 5.56 Å². The summed E-state index contributed by atoms with van der Waals surface area (Å²) >= 11 is 5.36. The normalized spacial score (nSPS) is 11.2. The topological polar surface area (TPSA) is 63.1 Å². The highest BCUT2D eigenvalue weighted by Crippen LogP contribution is 2.20. The molecule has 0 saturated heterocycles. The minimum atomic E-state index is -0.250. The Bertz CT molecular complexity index is 1160. The molecule has 0 spiro atoms. The van der Waals surface area contributed by atoms with Gasteiger partial charge in [-0.25, -0.2) is 4.98 Å². The van der Waals surface area contributed by atoms with Gasteiger partial charge >= 0.3 is 0 Å². The van der Waals surface area contributed by atoms with E-state index in [0.717, 1.165) is 22.0 Å². The molecule has 0 atom stereocenters. The second kappa shape index (κ2) is 5.10. The van der Waals surface area contributed by atoms with Gasteiger partial charge in [-0.2, -0.15) is 9.61 Å². The lowest BCUT2D eigenvalue weighted by molar-refractivity contribution is 0.855. The maximum Gasteiger partial charge on any atom is 0.277 e. The summed E-state index contributed by atoms with van der Waals surface area (Å²) in [6.45, 7) is 1.96. The Morgan fingerprint density at radius 2 is 1.87 bits per heavy atom. The lowest BCUT2D eigenvalue weighted by atomic mass is 10.1. The second-order valence-electron chi connectivity index (χ2n) is 5.29. The molecule has 0 saturated carbocycles. The van der Waals surface area contributed by atoms with Gasteiger partial charge in [-0.1, -0.05) is 42.5 Å². The van der Waals surface area contributed by atoms with Crippen LogP contribution in [0.25, 0.3) is 27.8 Å². The Morgan fingerprint density at radius 3 is 2.65 bits per heavy atom. The number of para-hydroxylation sites is 1. The van der Waals surface area contributed by atoms with E-state index < -0.39 is 0 Å². The maximum atomic E-state index is 12.5. The highest BCUT2D eigenvalue weighted by Gasteiger charge is 2.11. The molecule has 2 aromatic carbocycles. The number of H-pyrrole nitrogens is 1. The van der Waals surface area contributed by atoms with Crippen molar-refractivity contribution < 1.29 is 0 Å². The summed E-state index contributed by atoms with van der Waals surface area (Å²) in [6, 6.07) is 15.1. The van der Waals surface area contributed by atoms with Crippen molar-refractivity contribution in [3.05, 3.63) is 69.2 Å². The van der Waals surface area contributed by atoms with E-state index in [1.165, 1.54) is 4.52 Å². The molecule has 0 amide bonds. The smallest absolute Gasteiger partial charge is 0.277 e. The van der Waals surface area contributed by atoms with Crippen LogP contribution in [0.1, 0.15) is 5.56 Å². The minimum Gasteiger partial charge on any atom is -0.304 e. The third kappa shape index (κ3) is 2.15. The maximum absolute atomic E-state index is 12.5. The van der Waals surface area contributed by atoms with Crippen molar-refractivity contribution in [3.8, 4) is 11.3 Å². The summed E-state index contributed by atoms with van der Waals surface area (Å²) in [5.74, 6) is 0. The highest BCUT2D eigenvalue weighted by molar-refractivity contribution is 7.71. The summed E-state index contributed by atoms with van der Waals surface area (Å²) in [5, 5.41) is 5.25. The van der Waals surface area contributed by atoms with Crippen molar-refractivity contribution in [2.45, 2.75) is 6.92 Å². The van der Waals surface area contributed by atoms with Crippen molar-refractivity contribution in [1.82, 2.24) is 19.6 Å². The van der Waals surface area contributed by atoms with Gasteiger partial charge in [0.05, 0.1) is 5.52 Å². The molecule has 0 aliphatic rings. The van der Waals surface area contributed by atoms with Crippen LogP contribution in [0.4, 0.5) is 0 Å². The molecule has 0 aliphatic heterocycles. The van der Waals surface area contributed by atoms with Crippen LogP contribution in [-0.2, 0) is 0 Å². The molecule has 23 heavy (non-hydrogen) atoms. The second-order valence-corrected chi connectivity index (χ2v) is 5.66. The van der Waals surface area contributed by atoms with E-state index in [4.69, 9.17) is 12.2 Å². The summed E-state index contributed by atoms with van der Waals surface area (Å²) in [6.07, 6.45) is 0. The number of hydrogen-bond donors (Lipinski definition) is 1. The standard InChI is InChI=1S/C17H12N4OS/c1-10-6-5-9-12-13(10)18-17(23)21-15(12)19-16(22)14(20-21)11-7-3-2-4-8-11/h2-9H,1H3,(H,19,22). The highest BCUT2D eigenvalue weighted by atomic mass is 32.1. The Hall–Kier alpha value is -2.86. The van der Waals surface area contributed by atoms with Gasteiger partial charge in [0, 0.05) is 10.9 Å². The monoisotopic (exact) mass is 320 g/mol. The fourth-order valence-electron chi connectivity index (χ4n) is 2.66. The van der Waals surface area contributed by atoms with Crippen molar-refractivity contribution in [2.75, 3.05) is 0 Å². The van der Waals surface area contributed by atoms with E-state index in [9.17, 15) is 4.79 Å². The molecule has 2 heterocycles. The number of nitrogens with one attached hydrogen (secondary N) is 1. The number of nitrogens with zero attached hydrogens (tertiary/aromatic N) is 3. The van der Waals surface area contributed by atoms with Crippen molar-refractivity contribution in [1.29, 1.82) is 0 Å². The Labute approximate surface area is 136 Å². The average molecular weight is 320 g/mol. The van der Waals surface area contributed by atoms with E-state index in [0.29, 0.717) is 16.1 Å². The van der Waals surface area contributed by atoms with E-state index >= 15 is 0 Å². The van der Waals surface area contributed by atoms with Gasteiger partial charge in [0.15, 0.2) is 5.69 Å². The zero-order valence-corrected chi connectivity index (χ0v) is 13.1. The molecule has 0 radical (unpaired) electrons. The van der Waals surface area contributed by atoms with Crippen LogP contribution >= 0.6 is 12.2 Å². The first-order chi connectivity index (χ1) is 11.1. The zero-order valence-electron chi connectivity index (χ0n) is 12.3. The summed E-state index contributed by atoms with van der Waals surface area (Å²) in [7, 11) is 0. The fourth-order valence-corrected chi connectivity index (χ4v) is 2.88. The lowest BCUT2D eigenvalue weighted by Crippen LogP contribution is -2.17. The fraction of sp³-hybridized carbons (Fsp3) is 0.0588. The Balaban J connectivity index is 2.16. The molecule has 0 unspecified atom stereocenters. The molecular weight excluding hydrogens is 308 g/mol. The van der Waals surface area contributed by atoms with Gasteiger partial charge in [-0.05, 0) is 30.8 Å². The average Bonchev–Trinajstić information content (AvgIpc) is 2.56. The number of fused-ring (bicyclic) bond motifs is 3. The van der Waals surface area contributed by atoms with Crippen LogP contribution in [0.15, 0.2) is 53.3 Å². The lowest BCUT2D eigenvalue weighted by Gasteiger charge is -2.08. The van der Waals surface area contributed by atoms with E-state index in [1.807, 2.05) is 55.5 Å². The minimum absolute atomic E-state index is 0.250. The van der Waals surface area contributed by atoms with Crippen LogP contribution in [0.5, 0.6) is 0 Å². The summed E-state index contributed by atoms with van der Waals surface area (Å²) in [5.41, 5.74) is 3.16. The third-order valence-corrected chi connectivity index (χ3v) is 4.05. The molecule has 2 aromatic heterocycles. The summed E-state index contributed by atoms with van der Waals surface area (Å²) < 4.78 is 1.83. The van der Waals surface area contributed by atoms with E-state index in [-0.39, 0.29) is 5.56 Å². The molecule has 0 bridgehead atoms. The molecular formula is C17H12N4OS. The molecule has 1 N–H and O–H groups in total. The molecule has 4 rings (SSSR count). The number of aromatic nitrogens is 4. The van der Waals surface area contributed by atoms with Crippen molar-refractivity contribution in [3.63, 3.8) is 0 Å². The molecule has 5 nitrogen and oxygen atoms in total. The molecule has 6 heteroatoms. The number of aromatic amines is 1. The number of rotatable bonds is 1. The van der Waals surface area contributed by atoms with Gasteiger partial charge in [0.1, 0.15) is 5.65 Å². The predicted molar refractivity (Wildman–Crippen MR) is 92.1 cm³/mol. The van der Waals surface area contributed by atoms with Crippen LogP contribution in [-0.4, -0.2) is 19.6 Å². The van der Waals surface area contributed by atoms with Gasteiger partial charge in [-0.3, -0.25) is 4.79 Å². The van der Waals surface area contributed by atoms with E-state index in [2.05, 4.69) is 15.1 Å². The zero-order chi connectivity index (χ0) is 16.0. The van der Waals surface area contributed by atoms with Crippen LogP contribution in [0.2, 0.25) is 0 Å². The Morgan fingerprint density at radius 1 is 1.09 bits per heavy atom. The van der Waals surface area contributed by atoms with Gasteiger partial charge in [-0.15, -0.1) is 0 Å². The number of aryl methyl sites for hydroxylation is 1. The van der Waals surface area contributed by atoms with Crippen molar-refractivity contribution in [2.24, 2.45) is 0 Å². The van der Waals surface area contributed by atoms with Crippen molar-refractivity contribution >= 4 is 28.8 Å². The molecule has 0 fully saturated rings. The van der Waals surface area contributed by atoms with Gasteiger partial charge < -0.3 is 4.98 Å². The number of hydrogen-bond acceptors (Lipinski definition) is 4.